The molecule has 0 bridgehead atoms. The van der Waals surface area contributed by atoms with E-state index in [1.807, 2.05) is 21.1 Å². The zero-order valence-corrected chi connectivity index (χ0v) is 58.1. The largest absolute Gasteiger partial charge is 0.472 e. The number of carbonyl (C=O) groups is 2. The van der Waals surface area contributed by atoms with Crippen molar-refractivity contribution in [3.63, 3.8) is 0 Å². The second-order valence-corrected chi connectivity index (χ2v) is 26.0. The number of ether oxygens (including phenoxy) is 2. The van der Waals surface area contributed by atoms with E-state index in [0.717, 1.165) is 122 Å². The molecule has 2 unspecified atom stereocenters. The fourth-order valence-corrected chi connectivity index (χ4v) is 10.2. The molecule has 88 heavy (non-hydrogen) atoms. The maximum absolute atomic E-state index is 12.9. The minimum atomic E-state index is -4.40. The van der Waals surface area contributed by atoms with Crippen molar-refractivity contribution in [2.75, 3.05) is 47.5 Å². The number of quaternary nitrogens is 1. The van der Waals surface area contributed by atoms with Crippen molar-refractivity contribution in [3.8, 4) is 0 Å². The molecule has 0 aliphatic rings. The van der Waals surface area contributed by atoms with Gasteiger partial charge in [-0.15, -0.1) is 0 Å². The van der Waals surface area contributed by atoms with Gasteiger partial charge in [0.25, 0.3) is 0 Å². The van der Waals surface area contributed by atoms with Gasteiger partial charge >= 0.3 is 19.8 Å². The van der Waals surface area contributed by atoms with Gasteiger partial charge in [-0.05, 0) is 116 Å². The van der Waals surface area contributed by atoms with E-state index in [9.17, 15) is 19.0 Å². The smallest absolute Gasteiger partial charge is 0.462 e. The van der Waals surface area contributed by atoms with E-state index in [4.69, 9.17) is 18.5 Å². The molecule has 0 aromatic carbocycles. The van der Waals surface area contributed by atoms with E-state index < -0.39 is 26.5 Å². The molecule has 0 radical (unpaired) electrons. The molecule has 10 heteroatoms. The Morgan fingerprint density at radius 1 is 0.352 bits per heavy atom. The van der Waals surface area contributed by atoms with Gasteiger partial charge in [0.15, 0.2) is 6.10 Å². The zero-order chi connectivity index (χ0) is 64.1. The van der Waals surface area contributed by atoms with Crippen LogP contribution in [0.25, 0.3) is 0 Å². The molecule has 1 N–H and O–H groups in total. The van der Waals surface area contributed by atoms with Crippen LogP contribution in [0.5, 0.6) is 0 Å². The molecule has 0 aromatic rings. The van der Waals surface area contributed by atoms with Crippen molar-refractivity contribution >= 4 is 19.8 Å². The molecule has 0 saturated heterocycles. The Kier molecular flexibility index (Phi) is 64.1. The molecular weight excluding hydrogens is 1110 g/mol. The molecule has 502 valence electrons. The zero-order valence-electron chi connectivity index (χ0n) is 57.2. The van der Waals surface area contributed by atoms with E-state index in [2.05, 4.69) is 160 Å². The van der Waals surface area contributed by atoms with E-state index in [-0.39, 0.29) is 32.0 Å². The molecular formula is C78H133NO8P+. The van der Waals surface area contributed by atoms with Crippen LogP contribution in [0.15, 0.2) is 146 Å². The summed E-state index contributed by atoms with van der Waals surface area (Å²) >= 11 is 0. The topological polar surface area (TPSA) is 108 Å². The molecule has 0 spiro atoms. The molecule has 0 saturated carbocycles. The van der Waals surface area contributed by atoms with Crippen LogP contribution in [0.2, 0.25) is 0 Å². The lowest BCUT2D eigenvalue weighted by molar-refractivity contribution is -0.870. The van der Waals surface area contributed by atoms with Gasteiger partial charge in [0.2, 0.25) is 0 Å². The Bertz CT molecular complexity index is 2000. The minimum absolute atomic E-state index is 0.0245. The van der Waals surface area contributed by atoms with E-state index >= 15 is 0 Å². The molecule has 9 nitrogen and oxygen atoms in total. The summed E-state index contributed by atoms with van der Waals surface area (Å²) in [5, 5.41) is 0. The summed E-state index contributed by atoms with van der Waals surface area (Å²) in [6.45, 7) is 4.21. The van der Waals surface area contributed by atoms with Crippen LogP contribution in [-0.4, -0.2) is 74.9 Å². The maximum Gasteiger partial charge on any atom is 0.472 e. The predicted molar refractivity (Wildman–Crippen MR) is 380 cm³/mol. The molecule has 0 aliphatic carbocycles. The van der Waals surface area contributed by atoms with Gasteiger partial charge in [0.05, 0.1) is 27.7 Å². The third kappa shape index (κ3) is 71.0. The average molecular weight is 1240 g/mol. The number of phosphoric ester groups is 1. The quantitative estimate of drug-likeness (QED) is 0.0211. The van der Waals surface area contributed by atoms with Gasteiger partial charge < -0.3 is 18.9 Å². The highest BCUT2D eigenvalue weighted by molar-refractivity contribution is 7.47. The molecule has 0 heterocycles. The number of hydrogen-bond donors (Lipinski definition) is 1. The van der Waals surface area contributed by atoms with Crippen molar-refractivity contribution in [3.05, 3.63) is 146 Å². The van der Waals surface area contributed by atoms with Crippen molar-refractivity contribution < 1.29 is 42.1 Å². The van der Waals surface area contributed by atoms with E-state index in [0.29, 0.717) is 17.4 Å². The first-order chi connectivity index (χ1) is 43.0. The molecule has 0 aromatic heterocycles. The highest BCUT2D eigenvalue weighted by Crippen LogP contribution is 2.43. The summed E-state index contributed by atoms with van der Waals surface area (Å²) in [6.07, 6.45) is 99.5. The van der Waals surface area contributed by atoms with E-state index in [1.165, 1.54) is 128 Å². The van der Waals surface area contributed by atoms with Gasteiger partial charge in [0, 0.05) is 12.8 Å². The number of nitrogens with zero attached hydrogens (tertiary/aromatic N) is 1. The molecule has 0 fully saturated rings. The highest BCUT2D eigenvalue weighted by Gasteiger charge is 2.27. The number of rotatable bonds is 64. The number of esters is 2. The lowest BCUT2D eigenvalue weighted by Gasteiger charge is -2.24. The number of hydrogen-bond acceptors (Lipinski definition) is 7. The van der Waals surface area contributed by atoms with Crippen molar-refractivity contribution in [1.29, 1.82) is 0 Å². The molecule has 0 aliphatic heterocycles. The lowest BCUT2D eigenvalue weighted by atomic mass is 10.0. The van der Waals surface area contributed by atoms with Gasteiger partial charge in [-0.1, -0.05) is 301 Å². The van der Waals surface area contributed by atoms with Crippen LogP contribution in [-0.2, 0) is 32.7 Å². The number of unbranched alkanes of at least 4 members (excludes halogenated alkanes) is 26. The Morgan fingerprint density at radius 2 is 0.614 bits per heavy atom. The fraction of sp³-hybridized carbons (Fsp3) is 0.667. The Balaban J connectivity index is 4.08. The molecule has 0 rings (SSSR count). The van der Waals surface area contributed by atoms with Crippen LogP contribution in [0, 0.1) is 0 Å². The molecule has 0 amide bonds. The predicted octanol–water partition coefficient (Wildman–Crippen LogP) is 23.4. The summed E-state index contributed by atoms with van der Waals surface area (Å²) in [5.41, 5.74) is 0. The van der Waals surface area contributed by atoms with Gasteiger partial charge in [-0.3, -0.25) is 18.6 Å². The van der Waals surface area contributed by atoms with Crippen LogP contribution in [0.3, 0.4) is 0 Å². The van der Waals surface area contributed by atoms with Crippen LogP contribution in [0.4, 0.5) is 0 Å². The standard InChI is InChI=1S/C78H132NO8P/c1-6-8-10-12-14-16-18-20-22-24-26-28-30-32-34-36-38-39-41-42-44-46-48-50-52-54-56-58-60-62-64-66-68-70-77(80)84-74-76(75-86-88(82,83)85-73-72-79(3,4)5)87-78(81)71-69-67-65-63-61-59-57-55-53-51-49-47-45-43-40-37-35-33-31-29-27-25-23-21-19-17-15-13-11-9-7-2/h8-11,14-17,20-23,26-29,32-35,40,43,47,49,76H,6-7,12-13,18-19,24-25,30-31,36-39,41-42,44-46,48,50-75H2,1-5H3/p+1/b10-8-,11-9-,16-14-,17-15-,22-20-,23-21-,28-26-,29-27-,34-32-,35-33-,43-40-,49-47-. The van der Waals surface area contributed by atoms with Gasteiger partial charge in [-0.2, -0.15) is 0 Å². The minimum Gasteiger partial charge on any atom is -0.462 e. The lowest BCUT2D eigenvalue weighted by Crippen LogP contribution is -2.37. The monoisotopic (exact) mass is 1240 g/mol. The number of allylic oxidation sites excluding steroid dienone is 24. The SMILES string of the molecule is CC/C=C\C/C=C\C/C=C\C/C=C\C/C=C\C/C=C\C/C=C\CCCCCCCCCCCC(=O)OC(COC(=O)CCCCCCCCCCCCCCCCCCC/C=C\C/C=C\C/C=C\C/C=C\C/C=C\CC)COP(=O)(O)OCC[N+](C)(C)C. The Labute approximate surface area is 542 Å². The summed E-state index contributed by atoms with van der Waals surface area (Å²) in [7, 11) is 1.46. The van der Waals surface area contributed by atoms with Crippen LogP contribution in [0.1, 0.15) is 284 Å². The summed E-state index contributed by atoms with van der Waals surface area (Å²) in [5.74, 6) is -0.805. The van der Waals surface area contributed by atoms with Crippen LogP contribution >= 0.6 is 7.82 Å². The number of carbonyl (C=O) groups excluding carboxylic acids is 2. The van der Waals surface area contributed by atoms with Crippen molar-refractivity contribution in [2.24, 2.45) is 0 Å². The average Bonchev–Trinajstić information content (AvgIpc) is 3.68. The first-order valence-corrected chi connectivity index (χ1v) is 37.1. The Morgan fingerprint density at radius 3 is 0.909 bits per heavy atom. The van der Waals surface area contributed by atoms with Gasteiger partial charge in [-0.25, -0.2) is 4.57 Å². The number of phosphoric acid groups is 1. The second kappa shape index (κ2) is 67.3. The Hall–Kier alpha value is -4.11. The summed E-state index contributed by atoms with van der Waals surface area (Å²) in [6, 6.07) is 0. The summed E-state index contributed by atoms with van der Waals surface area (Å²) in [4.78, 5) is 35.9. The third-order valence-corrected chi connectivity index (χ3v) is 15.8. The first kappa shape index (κ1) is 83.9. The third-order valence-electron chi connectivity index (χ3n) is 14.9. The van der Waals surface area contributed by atoms with Crippen molar-refractivity contribution in [2.45, 2.75) is 290 Å². The normalized spacial score (nSPS) is 14.0. The first-order valence-electron chi connectivity index (χ1n) is 35.6. The van der Waals surface area contributed by atoms with E-state index in [1.54, 1.807) is 0 Å². The number of likely N-dealkylation sites (N-methyl/N-ethyl adjacent to an activating group) is 1. The fourth-order valence-electron chi connectivity index (χ4n) is 9.50. The maximum atomic E-state index is 12.9. The second-order valence-electron chi connectivity index (χ2n) is 24.5. The summed E-state index contributed by atoms with van der Waals surface area (Å²) < 4.78 is 34.7. The van der Waals surface area contributed by atoms with Gasteiger partial charge in [0.1, 0.15) is 19.8 Å². The molecule has 2 atom stereocenters. The highest BCUT2D eigenvalue weighted by atomic mass is 31.2. The van der Waals surface area contributed by atoms with Crippen LogP contribution < -0.4 is 0 Å². The van der Waals surface area contributed by atoms with Crippen molar-refractivity contribution in [1.82, 2.24) is 0 Å².